The maximum atomic E-state index is 11.4. The highest BCUT2D eigenvalue weighted by Gasteiger charge is 2.06. The first-order valence-electron chi connectivity index (χ1n) is 8.22. The minimum Gasteiger partial charge on any atom is -0.356 e. The number of carbonyl (C=O) groups excluding carboxylic acids is 2. The van der Waals surface area contributed by atoms with Crippen LogP contribution in [-0.4, -0.2) is 67.5 Å². The molecule has 0 unspecified atom stereocenters. The molecule has 26 heavy (non-hydrogen) atoms. The van der Waals surface area contributed by atoms with Crippen LogP contribution in [0.4, 0.5) is 0 Å². The molecular weight excluding hydrogens is 388 g/mol. The second kappa shape index (κ2) is 13.0. The number of hydrogen-bond acceptors (Lipinski definition) is 8. The van der Waals surface area contributed by atoms with Gasteiger partial charge in [-0.3, -0.25) is 18.0 Å². The third-order valence-electron chi connectivity index (χ3n) is 3.00. The van der Waals surface area contributed by atoms with Gasteiger partial charge in [0.1, 0.15) is 0 Å². The van der Waals surface area contributed by atoms with Crippen LogP contribution < -0.4 is 10.6 Å². The quantitative estimate of drug-likeness (QED) is 0.269. The van der Waals surface area contributed by atoms with Gasteiger partial charge in [-0.05, 0) is 12.8 Å². The molecule has 0 heterocycles. The second-order valence-electron chi connectivity index (χ2n) is 5.67. The van der Waals surface area contributed by atoms with E-state index >= 15 is 0 Å². The van der Waals surface area contributed by atoms with Gasteiger partial charge in [0.15, 0.2) is 0 Å². The van der Waals surface area contributed by atoms with E-state index in [1.54, 1.807) is 0 Å². The fourth-order valence-electron chi connectivity index (χ4n) is 1.81. The summed E-state index contributed by atoms with van der Waals surface area (Å²) in [5.74, 6) is -0.533. The van der Waals surface area contributed by atoms with Gasteiger partial charge < -0.3 is 10.6 Å². The summed E-state index contributed by atoms with van der Waals surface area (Å²) in [5.41, 5.74) is 0. The summed E-state index contributed by atoms with van der Waals surface area (Å²) in [4.78, 5) is 22.8. The molecule has 2 N–H and O–H groups in total. The van der Waals surface area contributed by atoms with Crippen LogP contribution in [0, 0.1) is 0 Å². The third-order valence-corrected chi connectivity index (χ3v) is 4.19. The fraction of sp³-hybridized carbons (Fsp3) is 0.857. The summed E-state index contributed by atoms with van der Waals surface area (Å²) in [6, 6.07) is 0. The second-order valence-corrected chi connectivity index (χ2v) is 8.95. The summed E-state index contributed by atoms with van der Waals surface area (Å²) in [7, 11) is -7.04. The molecule has 2 amide bonds. The van der Waals surface area contributed by atoms with Gasteiger partial charge >= 0.3 is 0 Å². The molecule has 10 nitrogen and oxygen atoms in total. The summed E-state index contributed by atoms with van der Waals surface area (Å²) in [5, 5.41) is 5.33. The van der Waals surface area contributed by atoms with E-state index in [9.17, 15) is 26.4 Å². The maximum Gasteiger partial charge on any atom is 0.264 e. The zero-order valence-corrected chi connectivity index (χ0v) is 16.8. The molecule has 0 aromatic carbocycles. The van der Waals surface area contributed by atoms with Crippen molar-refractivity contribution in [2.45, 2.75) is 38.5 Å². The molecule has 0 spiro atoms. The predicted molar refractivity (Wildman–Crippen MR) is 95.3 cm³/mol. The molecule has 154 valence electrons. The van der Waals surface area contributed by atoms with E-state index in [-0.39, 0.29) is 37.9 Å². The van der Waals surface area contributed by atoms with E-state index in [4.69, 9.17) is 0 Å². The van der Waals surface area contributed by atoms with Crippen molar-refractivity contribution in [3.63, 3.8) is 0 Å². The molecule has 0 fully saturated rings. The summed E-state index contributed by atoms with van der Waals surface area (Å²) in [6.07, 6.45) is 5.11. The Hall–Kier alpha value is -1.24. The summed E-state index contributed by atoms with van der Waals surface area (Å²) < 4.78 is 51.8. The highest BCUT2D eigenvalue weighted by atomic mass is 32.2. The minimum absolute atomic E-state index is 0.0118. The normalized spacial score (nSPS) is 11.9. The van der Waals surface area contributed by atoms with Gasteiger partial charge in [0.05, 0.1) is 38.6 Å². The molecule has 0 aromatic rings. The molecule has 0 aromatic heterocycles. The van der Waals surface area contributed by atoms with Gasteiger partial charge in [-0.2, -0.15) is 16.8 Å². The Kier molecular flexibility index (Phi) is 12.4. The van der Waals surface area contributed by atoms with E-state index in [0.717, 1.165) is 38.2 Å². The smallest absolute Gasteiger partial charge is 0.264 e. The van der Waals surface area contributed by atoms with Crippen LogP contribution >= 0.6 is 0 Å². The van der Waals surface area contributed by atoms with Crippen LogP contribution in [0.2, 0.25) is 0 Å². The number of carbonyl (C=O) groups is 2. The molecule has 0 bridgehead atoms. The van der Waals surface area contributed by atoms with E-state index in [1.165, 1.54) is 0 Å². The Morgan fingerprint density at radius 1 is 0.692 bits per heavy atom. The topological polar surface area (TPSA) is 145 Å². The van der Waals surface area contributed by atoms with Crippen molar-refractivity contribution in [2.75, 3.05) is 38.8 Å². The van der Waals surface area contributed by atoms with Crippen LogP contribution in [-0.2, 0) is 38.2 Å². The molecule has 12 heteroatoms. The van der Waals surface area contributed by atoms with Gasteiger partial charge in [0.2, 0.25) is 11.8 Å². The van der Waals surface area contributed by atoms with Crippen molar-refractivity contribution in [3.05, 3.63) is 0 Å². The van der Waals surface area contributed by atoms with Gasteiger partial charge in [0, 0.05) is 13.1 Å². The predicted octanol–water partition coefficient (Wildman–Crippen LogP) is -0.488. The van der Waals surface area contributed by atoms with Crippen LogP contribution in [0.1, 0.15) is 38.5 Å². The van der Waals surface area contributed by atoms with E-state index < -0.39 is 20.2 Å². The van der Waals surface area contributed by atoms with Gasteiger partial charge in [0.25, 0.3) is 20.2 Å². The number of amides is 2. The van der Waals surface area contributed by atoms with Gasteiger partial charge in [-0.25, -0.2) is 0 Å². The van der Waals surface area contributed by atoms with Crippen molar-refractivity contribution >= 4 is 32.1 Å². The monoisotopic (exact) mass is 416 g/mol. The number of unbranched alkanes of at least 4 members (excludes halogenated alkanes) is 3. The highest BCUT2D eigenvalue weighted by molar-refractivity contribution is 7.86. The number of hydrogen-bond donors (Lipinski definition) is 2. The Labute approximate surface area is 155 Å². The highest BCUT2D eigenvalue weighted by Crippen LogP contribution is 1.99. The van der Waals surface area contributed by atoms with Crippen molar-refractivity contribution in [2.24, 2.45) is 0 Å². The lowest BCUT2D eigenvalue weighted by molar-refractivity contribution is -0.122. The van der Waals surface area contributed by atoms with Gasteiger partial charge in [-0.15, -0.1) is 0 Å². The van der Waals surface area contributed by atoms with Gasteiger partial charge in [-0.1, -0.05) is 12.8 Å². The molecule has 0 rings (SSSR count). The molecule has 0 radical (unpaired) electrons. The molecule has 0 saturated heterocycles. The minimum atomic E-state index is -3.52. The van der Waals surface area contributed by atoms with Crippen LogP contribution in [0.15, 0.2) is 0 Å². The Bertz CT molecular complexity index is 575. The number of nitrogens with one attached hydrogen (secondary N) is 2. The largest absolute Gasteiger partial charge is 0.356 e. The average Bonchev–Trinajstić information content (AvgIpc) is 2.47. The van der Waals surface area contributed by atoms with Crippen LogP contribution in [0.3, 0.4) is 0 Å². The standard InChI is InChI=1S/C14H28N2O8S2/c1-25(19,20)23-11-7-13(17)15-9-5-3-4-6-10-16-14(18)8-12-24-26(2,21)22/h3-12H2,1-2H3,(H,15,17)(H,16,18). The lowest BCUT2D eigenvalue weighted by Gasteiger charge is -2.06. The van der Waals surface area contributed by atoms with Crippen molar-refractivity contribution in [1.82, 2.24) is 10.6 Å². The fourth-order valence-corrected chi connectivity index (χ4v) is 2.58. The van der Waals surface area contributed by atoms with Crippen molar-refractivity contribution in [1.29, 1.82) is 0 Å². The SMILES string of the molecule is CS(=O)(=O)OCCC(=O)NCCCCCCNC(=O)CCOS(C)(=O)=O. The average molecular weight is 417 g/mol. The van der Waals surface area contributed by atoms with E-state index in [1.807, 2.05) is 0 Å². The Morgan fingerprint density at radius 2 is 1.04 bits per heavy atom. The lowest BCUT2D eigenvalue weighted by Crippen LogP contribution is -2.26. The molecule has 0 aliphatic heterocycles. The molecule has 0 aliphatic rings. The van der Waals surface area contributed by atoms with Crippen molar-refractivity contribution < 1.29 is 34.8 Å². The molecular formula is C14H28N2O8S2. The zero-order valence-electron chi connectivity index (χ0n) is 15.2. The first-order chi connectivity index (χ1) is 12.0. The third kappa shape index (κ3) is 19.1. The summed E-state index contributed by atoms with van der Waals surface area (Å²) >= 11 is 0. The zero-order chi connectivity index (χ0) is 20.1. The number of rotatable bonds is 15. The van der Waals surface area contributed by atoms with Crippen LogP contribution in [0.5, 0.6) is 0 Å². The molecule has 0 saturated carbocycles. The molecule has 0 aliphatic carbocycles. The lowest BCUT2D eigenvalue weighted by atomic mass is 10.2. The first-order valence-corrected chi connectivity index (χ1v) is 11.8. The first kappa shape index (κ1) is 24.8. The van der Waals surface area contributed by atoms with Crippen molar-refractivity contribution in [3.8, 4) is 0 Å². The van der Waals surface area contributed by atoms with E-state index in [2.05, 4.69) is 19.0 Å². The molecule has 0 atom stereocenters. The summed E-state index contributed by atoms with van der Waals surface area (Å²) in [6.45, 7) is 0.652. The van der Waals surface area contributed by atoms with Crippen LogP contribution in [0.25, 0.3) is 0 Å². The Balaban J connectivity index is 3.45. The van der Waals surface area contributed by atoms with E-state index in [0.29, 0.717) is 13.1 Å². The Morgan fingerprint density at radius 3 is 1.35 bits per heavy atom. The maximum absolute atomic E-state index is 11.4.